The predicted octanol–water partition coefficient (Wildman–Crippen LogP) is -1.35. The minimum absolute atomic E-state index is 0.0914. The van der Waals surface area contributed by atoms with Gasteiger partial charge in [0, 0.05) is 13.1 Å². The van der Waals surface area contributed by atoms with Gasteiger partial charge in [0.25, 0.3) is 0 Å². The maximum atomic E-state index is 12.9. The molecule has 2 fully saturated rings. The fourth-order valence-corrected chi connectivity index (χ4v) is 4.11. The lowest BCUT2D eigenvalue weighted by molar-refractivity contribution is -0.133. The first-order chi connectivity index (χ1) is 16.3. The maximum Gasteiger partial charge on any atom is 0.245 e. The van der Waals surface area contributed by atoms with Gasteiger partial charge in [-0.3, -0.25) is 24.1 Å². The molecule has 0 aromatic heterocycles. The zero-order valence-electron chi connectivity index (χ0n) is 19.8. The Morgan fingerprint density at radius 2 is 1.82 bits per heavy atom. The van der Waals surface area contributed by atoms with E-state index in [9.17, 15) is 24.3 Å². The van der Waals surface area contributed by atoms with Crippen LogP contribution in [0.3, 0.4) is 0 Å². The number of nitrogens with zero attached hydrogens (tertiary/aromatic N) is 1. The summed E-state index contributed by atoms with van der Waals surface area (Å²) >= 11 is 0. The zero-order chi connectivity index (χ0) is 24.6. The molecule has 3 atom stereocenters. The van der Waals surface area contributed by atoms with Gasteiger partial charge in [-0.2, -0.15) is 0 Å². The van der Waals surface area contributed by atoms with E-state index in [1.54, 1.807) is 6.92 Å². The van der Waals surface area contributed by atoms with Crippen LogP contribution in [0.15, 0.2) is 11.6 Å². The van der Waals surface area contributed by atoms with Crippen molar-refractivity contribution in [3.63, 3.8) is 0 Å². The van der Waals surface area contributed by atoms with Crippen LogP contribution in [-0.2, 0) is 28.7 Å². The van der Waals surface area contributed by atoms with Crippen molar-refractivity contribution in [3.8, 4) is 0 Å². The summed E-state index contributed by atoms with van der Waals surface area (Å²) in [4.78, 5) is 51.9. The fraction of sp³-hybridized carbons (Fsp3) is 0.739. The third-order valence-corrected chi connectivity index (χ3v) is 6.33. The molecule has 2 saturated heterocycles. The molecule has 0 saturated carbocycles. The minimum Gasteiger partial charge on any atom is -0.394 e. The Bertz CT molecular complexity index is 790. The van der Waals surface area contributed by atoms with Crippen molar-refractivity contribution >= 4 is 23.5 Å². The molecule has 0 aromatic rings. The molecule has 2 aliphatic heterocycles. The monoisotopic (exact) mass is 480 g/mol. The molecule has 4 N–H and O–H groups in total. The van der Waals surface area contributed by atoms with Gasteiger partial charge in [-0.15, -0.1) is 0 Å². The highest BCUT2D eigenvalue weighted by atomic mass is 16.6. The Labute approximate surface area is 199 Å². The number of aliphatic hydroxyl groups excluding tert-OH is 1. The van der Waals surface area contributed by atoms with Crippen LogP contribution in [0.5, 0.6) is 0 Å². The van der Waals surface area contributed by atoms with Crippen LogP contribution < -0.4 is 16.0 Å². The molecule has 3 rings (SSSR count). The highest BCUT2D eigenvalue weighted by Gasteiger charge is 2.50. The van der Waals surface area contributed by atoms with E-state index >= 15 is 0 Å². The number of Topliss-reactive ketones (excluding diaryl/α,β-unsaturated/α-hetero) is 1. The molecular weight excluding hydrogens is 444 g/mol. The zero-order valence-corrected chi connectivity index (χ0v) is 19.8. The summed E-state index contributed by atoms with van der Waals surface area (Å²) in [7, 11) is 0. The number of hydrogen-bond donors (Lipinski definition) is 4. The summed E-state index contributed by atoms with van der Waals surface area (Å²) in [5, 5.41) is 17.2. The van der Waals surface area contributed by atoms with E-state index in [0.717, 1.165) is 31.3 Å². The fourth-order valence-electron chi connectivity index (χ4n) is 4.11. The van der Waals surface area contributed by atoms with Gasteiger partial charge in [0.15, 0.2) is 5.78 Å². The molecule has 11 heteroatoms. The molecule has 0 aromatic carbocycles. The van der Waals surface area contributed by atoms with E-state index in [4.69, 9.17) is 9.47 Å². The summed E-state index contributed by atoms with van der Waals surface area (Å²) in [6.07, 6.45) is 6.60. The molecule has 3 amide bonds. The Kier molecular flexibility index (Phi) is 9.57. The largest absolute Gasteiger partial charge is 0.394 e. The van der Waals surface area contributed by atoms with Crippen molar-refractivity contribution in [1.82, 2.24) is 20.9 Å². The number of carbonyl (C=O) groups excluding carboxylic acids is 4. The lowest BCUT2D eigenvalue weighted by atomic mass is 9.90. The molecular formula is C23H36N4O7. The maximum absolute atomic E-state index is 12.9. The van der Waals surface area contributed by atoms with E-state index < -0.39 is 42.0 Å². The van der Waals surface area contributed by atoms with E-state index in [1.807, 2.05) is 4.90 Å². The van der Waals surface area contributed by atoms with E-state index in [1.165, 1.54) is 0 Å². The van der Waals surface area contributed by atoms with Gasteiger partial charge in [-0.05, 0) is 39.0 Å². The molecule has 1 aliphatic carbocycles. The van der Waals surface area contributed by atoms with Gasteiger partial charge in [0.1, 0.15) is 11.6 Å². The van der Waals surface area contributed by atoms with E-state index in [0.29, 0.717) is 39.3 Å². The van der Waals surface area contributed by atoms with Gasteiger partial charge in [0.05, 0.1) is 45.6 Å². The first-order valence-corrected chi connectivity index (χ1v) is 11.9. The summed E-state index contributed by atoms with van der Waals surface area (Å²) < 4.78 is 10.5. The van der Waals surface area contributed by atoms with Crippen LogP contribution in [0.1, 0.15) is 39.0 Å². The number of rotatable bonds is 12. The standard InChI is InChI=1S/C23H36N4O7/c1-23(15-34-23)21(31)17(11-16-5-3-2-4-6-16)25-19(29)12-24-22(32)18(14-28)26-20(30)13-27-7-9-33-10-8-27/h5,17-18,28H,2-4,6-15H2,1H3,(H,24,32)(H,25,29)(H,26,30). The summed E-state index contributed by atoms with van der Waals surface area (Å²) in [5.41, 5.74) is 0.268. The third kappa shape index (κ3) is 7.86. The van der Waals surface area contributed by atoms with Gasteiger partial charge in [-0.25, -0.2) is 0 Å². The molecule has 2 heterocycles. The average Bonchev–Trinajstić information content (AvgIpc) is 3.59. The third-order valence-electron chi connectivity index (χ3n) is 6.33. The lowest BCUT2D eigenvalue weighted by Gasteiger charge is -2.26. The minimum atomic E-state index is -1.18. The molecule has 34 heavy (non-hydrogen) atoms. The van der Waals surface area contributed by atoms with Crippen LogP contribution >= 0.6 is 0 Å². The van der Waals surface area contributed by atoms with Crippen LogP contribution in [0.4, 0.5) is 0 Å². The van der Waals surface area contributed by atoms with Gasteiger partial charge in [0.2, 0.25) is 17.7 Å². The normalized spacial score (nSPS) is 24.4. The van der Waals surface area contributed by atoms with Crippen LogP contribution in [0, 0.1) is 0 Å². The van der Waals surface area contributed by atoms with E-state index in [-0.39, 0.29) is 18.9 Å². The van der Waals surface area contributed by atoms with Crippen LogP contribution in [-0.4, -0.2) is 104 Å². The van der Waals surface area contributed by atoms with Crippen molar-refractivity contribution in [2.24, 2.45) is 0 Å². The summed E-state index contributed by atoms with van der Waals surface area (Å²) in [6.45, 7) is 3.45. The Balaban J connectivity index is 1.47. The molecule has 3 unspecified atom stereocenters. The van der Waals surface area contributed by atoms with Crippen molar-refractivity contribution in [2.75, 3.05) is 52.6 Å². The van der Waals surface area contributed by atoms with E-state index in [2.05, 4.69) is 22.0 Å². The molecule has 11 nitrogen and oxygen atoms in total. The second-order valence-corrected chi connectivity index (χ2v) is 9.23. The van der Waals surface area contributed by atoms with Crippen LogP contribution in [0.25, 0.3) is 0 Å². The summed E-state index contributed by atoms with van der Waals surface area (Å²) in [6, 6.07) is -1.91. The smallest absolute Gasteiger partial charge is 0.245 e. The molecule has 3 aliphatic rings. The second kappa shape index (κ2) is 12.4. The number of amides is 3. The number of carbonyl (C=O) groups is 4. The SMILES string of the molecule is CC1(C(=O)C(CC2=CCCCC2)NC(=O)CNC(=O)C(CO)NC(=O)CN2CCOCC2)CO1. The number of ketones is 1. The number of ether oxygens (including phenoxy) is 2. The number of allylic oxidation sites excluding steroid dienone is 1. The topological polar surface area (TPSA) is 150 Å². The Morgan fingerprint density at radius 1 is 1.12 bits per heavy atom. The predicted molar refractivity (Wildman–Crippen MR) is 122 cm³/mol. The van der Waals surface area contributed by atoms with Crippen molar-refractivity contribution < 1.29 is 33.8 Å². The molecule has 0 radical (unpaired) electrons. The first kappa shape index (κ1) is 26.3. The molecule has 0 bridgehead atoms. The molecule has 190 valence electrons. The lowest BCUT2D eigenvalue weighted by Crippen LogP contribution is -2.54. The number of hydrogen-bond acceptors (Lipinski definition) is 8. The average molecular weight is 481 g/mol. The highest BCUT2D eigenvalue weighted by Crippen LogP contribution is 2.31. The van der Waals surface area contributed by atoms with Gasteiger partial charge in [-0.1, -0.05) is 11.6 Å². The van der Waals surface area contributed by atoms with Gasteiger partial charge >= 0.3 is 0 Å². The number of epoxide rings is 1. The van der Waals surface area contributed by atoms with Crippen LogP contribution in [0.2, 0.25) is 0 Å². The summed E-state index contributed by atoms with van der Waals surface area (Å²) in [5.74, 6) is -1.78. The number of aliphatic hydroxyl groups is 1. The Hall–Kier alpha value is -2.34. The second-order valence-electron chi connectivity index (χ2n) is 9.23. The number of nitrogens with one attached hydrogen (secondary N) is 3. The Morgan fingerprint density at radius 3 is 2.44 bits per heavy atom. The quantitative estimate of drug-likeness (QED) is 0.198. The van der Waals surface area contributed by atoms with Crippen molar-refractivity contribution in [2.45, 2.75) is 56.7 Å². The highest BCUT2D eigenvalue weighted by molar-refractivity contribution is 5.97. The number of morpholine rings is 1. The van der Waals surface area contributed by atoms with Crippen molar-refractivity contribution in [3.05, 3.63) is 11.6 Å². The first-order valence-electron chi connectivity index (χ1n) is 11.9. The molecule has 0 spiro atoms. The van der Waals surface area contributed by atoms with Gasteiger partial charge < -0.3 is 30.5 Å². The van der Waals surface area contributed by atoms with Crippen molar-refractivity contribution in [1.29, 1.82) is 0 Å².